The van der Waals surface area contributed by atoms with Gasteiger partial charge in [-0.15, -0.1) is 0 Å². The van der Waals surface area contributed by atoms with Gasteiger partial charge in [-0.05, 0) is 53.4 Å². The van der Waals surface area contributed by atoms with Gasteiger partial charge in [0.25, 0.3) is 0 Å². The average molecular weight is 563 g/mol. The Bertz CT molecular complexity index is 2790. The molecule has 0 unspecified atom stereocenters. The van der Waals surface area contributed by atoms with Crippen LogP contribution >= 0.6 is 0 Å². The van der Waals surface area contributed by atoms with Crippen LogP contribution in [-0.4, -0.2) is 9.13 Å². The van der Waals surface area contributed by atoms with Crippen molar-refractivity contribution >= 4 is 76.3 Å². The van der Waals surface area contributed by atoms with Gasteiger partial charge in [0.15, 0.2) is 0 Å². The van der Waals surface area contributed by atoms with Gasteiger partial charge in [0.2, 0.25) is 0 Å². The third kappa shape index (κ3) is 3.10. The second-order valence-electron chi connectivity index (χ2n) is 11.8. The lowest BCUT2D eigenvalue weighted by Crippen LogP contribution is -1.94. The van der Waals surface area contributed by atoms with Crippen molar-refractivity contribution < 1.29 is 4.42 Å². The van der Waals surface area contributed by atoms with E-state index in [0.717, 1.165) is 27.6 Å². The molecule has 7 aromatic carbocycles. The van der Waals surface area contributed by atoms with Gasteiger partial charge in [-0.1, -0.05) is 97.1 Å². The molecule has 0 aliphatic rings. The summed E-state index contributed by atoms with van der Waals surface area (Å²) >= 11 is 0. The first kappa shape index (κ1) is 23.7. The Labute approximate surface area is 252 Å². The summed E-state index contributed by atoms with van der Waals surface area (Å²) in [6.07, 6.45) is 0. The number of fused-ring (bicyclic) bond motifs is 11. The molecule has 206 valence electrons. The maximum Gasteiger partial charge on any atom is 0.135 e. The SMILES string of the molecule is Cn1c2ccccc2c2cccc(-c3ccc4c(ccc5c6ccccc6n(-c6ccc7oc8ccccc8c7c6)c45)c3)c21. The lowest BCUT2D eigenvalue weighted by Gasteiger charge is -2.12. The van der Waals surface area contributed by atoms with E-state index in [9.17, 15) is 0 Å². The number of para-hydroxylation sites is 4. The number of benzene rings is 7. The predicted octanol–water partition coefficient (Wildman–Crippen LogP) is 11.1. The van der Waals surface area contributed by atoms with Crippen LogP contribution in [0.3, 0.4) is 0 Å². The lowest BCUT2D eigenvalue weighted by atomic mass is 9.97. The number of hydrogen-bond acceptors (Lipinski definition) is 1. The number of hydrogen-bond donors (Lipinski definition) is 0. The molecule has 0 fully saturated rings. The Morgan fingerprint density at radius 1 is 0.455 bits per heavy atom. The molecule has 44 heavy (non-hydrogen) atoms. The summed E-state index contributed by atoms with van der Waals surface area (Å²) in [7, 11) is 2.18. The summed E-state index contributed by atoms with van der Waals surface area (Å²) in [4.78, 5) is 0. The van der Waals surface area contributed by atoms with Crippen LogP contribution in [0.15, 0.2) is 144 Å². The fourth-order valence-electron chi connectivity index (χ4n) is 7.55. The first-order chi connectivity index (χ1) is 21.7. The Morgan fingerprint density at radius 2 is 1.14 bits per heavy atom. The largest absolute Gasteiger partial charge is 0.456 e. The van der Waals surface area contributed by atoms with Crippen molar-refractivity contribution in [2.75, 3.05) is 0 Å². The first-order valence-corrected chi connectivity index (χ1v) is 15.1. The van der Waals surface area contributed by atoms with Crippen LogP contribution in [0.4, 0.5) is 0 Å². The zero-order valence-electron chi connectivity index (χ0n) is 24.1. The van der Waals surface area contributed by atoms with Crippen LogP contribution in [0, 0.1) is 0 Å². The molecule has 0 bridgehead atoms. The number of aryl methyl sites for hydroxylation is 1. The Balaban J connectivity index is 1.25. The van der Waals surface area contributed by atoms with E-state index in [1.165, 1.54) is 65.5 Å². The summed E-state index contributed by atoms with van der Waals surface area (Å²) in [5, 5.41) is 9.84. The number of furan rings is 1. The van der Waals surface area contributed by atoms with E-state index in [2.05, 4.69) is 144 Å². The van der Waals surface area contributed by atoms with Crippen molar-refractivity contribution in [3.8, 4) is 16.8 Å². The number of aromatic nitrogens is 2. The van der Waals surface area contributed by atoms with Gasteiger partial charge in [0, 0.05) is 61.5 Å². The fourth-order valence-corrected chi connectivity index (χ4v) is 7.55. The van der Waals surface area contributed by atoms with Crippen molar-refractivity contribution in [2.45, 2.75) is 0 Å². The summed E-state index contributed by atoms with van der Waals surface area (Å²) in [6, 6.07) is 50.5. The van der Waals surface area contributed by atoms with Crippen molar-refractivity contribution in [3.05, 3.63) is 140 Å². The predicted molar refractivity (Wildman–Crippen MR) is 185 cm³/mol. The average Bonchev–Trinajstić information content (AvgIpc) is 3.72. The van der Waals surface area contributed by atoms with Gasteiger partial charge >= 0.3 is 0 Å². The molecule has 0 aliphatic carbocycles. The highest BCUT2D eigenvalue weighted by Gasteiger charge is 2.18. The van der Waals surface area contributed by atoms with E-state index in [-0.39, 0.29) is 0 Å². The van der Waals surface area contributed by atoms with E-state index in [1.54, 1.807) is 0 Å². The van der Waals surface area contributed by atoms with Crippen molar-refractivity contribution in [2.24, 2.45) is 7.05 Å². The van der Waals surface area contributed by atoms with E-state index in [4.69, 9.17) is 4.42 Å². The van der Waals surface area contributed by atoms with Gasteiger partial charge in [-0.3, -0.25) is 0 Å². The summed E-state index contributed by atoms with van der Waals surface area (Å²) in [5.74, 6) is 0. The summed E-state index contributed by atoms with van der Waals surface area (Å²) in [5.41, 5.74) is 10.4. The molecule has 0 saturated carbocycles. The van der Waals surface area contributed by atoms with Gasteiger partial charge in [0.1, 0.15) is 11.2 Å². The summed E-state index contributed by atoms with van der Waals surface area (Å²) < 4.78 is 10.9. The minimum atomic E-state index is 0.910. The molecule has 10 rings (SSSR count). The minimum Gasteiger partial charge on any atom is -0.456 e. The molecule has 0 N–H and O–H groups in total. The van der Waals surface area contributed by atoms with Gasteiger partial charge in [-0.25, -0.2) is 0 Å². The molecule has 0 amide bonds. The monoisotopic (exact) mass is 562 g/mol. The second kappa shape index (κ2) is 8.62. The Kier molecular flexibility index (Phi) is 4.65. The van der Waals surface area contributed by atoms with Gasteiger partial charge in [0.05, 0.1) is 16.6 Å². The van der Waals surface area contributed by atoms with E-state index in [1.807, 2.05) is 12.1 Å². The molecular weight excluding hydrogens is 536 g/mol. The smallest absolute Gasteiger partial charge is 0.135 e. The van der Waals surface area contributed by atoms with Crippen LogP contribution in [0.5, 0.6) is 0 Å². The highest BCUT2D eigenvalue weighted by Crippen LogP contribution is 2.41. The van der Waals surface area contributed by atoms with Crippen molar-refractivity contribution in [1.29, 1.82) is 0 Å². The Hall–Kier alpha value is -5.80. The van der Waals surface area contributed by atoms with Crippen LogP contribution in [-0.2, 0) is 7.05 Å². The maximum atomic E-state index is 6.17. The normalized spacial score (nSPS) is 12.2. The zero-order valence-corrected chi connectivity index (χ0v) is 24.1. The van der Waals surface area contributed by atoms with Crippen molar-refractivity contribution in [3.63, 3.8) is 0 Å². The molecule has 0 radical (unpaired) electrons. The van der Waals surface area contributed by atoms with Crippen molar-refractivity contribution in [1.82, 2.24) is 9.13 Å². The molecule has 0 saturated heterocycles. The quantitative estimate of drug-likeness (QED) is 0.205. The van der Waals surface area contributed by atoms with E-state index in [0.29, 0.717) is 0 Å². The molecule has 10 aromatic rings. The minimum absolute atomic E-state index is 0.910. The molecule has 0 aliphatic heterocycles. The molecular formula is C41H26N2O. The first-order valence-electron chi connectivity index (χ1n) is 15.1. The van der Waals surface area contributed by atoms with E-state index < -0.39 is 0 Å². The van der Waals surface area contributed by atoms with Crippen LogP contribution in [0.2, 0.25) is 0 Å². The highest BCUT2D eigenvalue weighted by molar-refractivity contribution is 6.20. The zero-order chi connectivity index (χ0) is 28.9. The topological polar surface area (TPSA) is 23.0 Å². The van der Waals surface area contributed by atoms with Crippen LogP contribution < -0.4 is 0 Å². The van der Waals surface area contributed by atoms with Gasteiger partial charge in [-0.2, -0.15) is 0 Å². The molecule has 3 nitrogen and oxygen atoms in total. The third-order valence-electron chi connectivity index (χ3n) is 9.51. The highest BCUT2D eigenvalue weighted by atomic mass is 16.3. The lowest BCUT2D eigenvalue weighted by molar-refractivity contribution is 0.669. The molecule has 0 atom stereocenters. The molecule has 0 spiro atoms. The second-order valence-corrected chi connectivity index (χ2v) is 11.8. The standard InChI is InChI=1S/C41H26N2O/c1-42-36-14-5-2-9-30(36)33-13-8-12-28(40(33)42)25-17-20-29-26(23-25)18-21-34-31-10-3-6-15-37(31)43(41(29)34)27-19-22-39-35(24-27)32-11-4-7-16-38(32)44-39/h2-24H,1H3. The van der Waals surface area contributed by atoms with Crippen LogP contribution in [0.25, 0.3) is 93.1 Å². The molecule has 3 heterocycles. The molecule has 3 heteroatoms. The summed E-state index contributed by atoms with van der Waals surface area (Å²) in [6.45, 7) is 0. The van der Waals surface area contributed by atoms with Crippen LogP contribution in [0.1, 0.15) is 0 Å². The molecule has 3 aromatic heterocycles. The Morgan fingerprint density at radius 3 is 2.02 bits per heavy atom. The van der Waals surface area contributed by atoms with Gasteiger partial charge < -0.3 is 13.6 Å². The number of nitrogens with zero attached hydrogens (tertiary/aromatic N) is 2. The number of rotatable bonds is 2. The maximum absolute atomic E-state index is 6.17. The fraction of sp³-hybridized carbons (Fsp3) is 0.0244. The third-order valence-corrected chi connectivity index (χ3v) is 9.51. The van der Waals surface area contributed by atoms with E-state index >= 15 is 0 Å².